The molecular formula is C23H29Cl2N3O4S. The minimum atomic E-state index is -3.81. The van der Waals surface area contributed by atoms with E-state index >= 15 is 0 Å². The molecule has 0 aliphatic carbocycles. The molecule has 0 radical (unpaired) electrons. The van der Waals surface area contributed by atoms with E-state index < -0.39 is 28.5 Å². The normalized spacial score (nSPS) is 12.2. The van der Waals surface area contributed by atoms with Crippen molar-refractivity contribution >= 4 is 50.7 Å². The van der Waals surface area contributed by atoms with Crippen molar-refractivity contribution in [2.75, 3.05) is 23.7 Å². The molecule has 33 heavy (non-hydrogen) atoms. The zero-order valence-corrected chi connectivity index (χ0v) is 21.3. The summed E-state index contributed by atoms with van der Waals surface area (Å²) in [6.07, 6.45) is 2.74. The fourth-order valence-corrected chi connectivity index (χ4v) is 4.40. The Hall–Kier alpha value is -2.29. The molecule has 1 unspecified atom stereocenters. The van der Waals surface area contributed by atoms with Crippen LogP contribution in [0.3, 0.4) is 0 Å². The van der Waals surface area contributed by atoms with Gasteiger partial charge in [-0.15, -0.1) is 0 Å². The first kappa shape index (κ1) is 27.0. The number of hydrogen-bond acceptors (Lipinski definition) is 4. The van der Waals surface area contributed by atoms with E-state index in [0.717, 1.165) is 23.4 Å². The summed E-state index contributed by atoms with van der Waals surface area (Å²) in [7, 11) is -3.81. The lowest BCUT2D eigenvalue weighted by molar-refractivity contribution is -0.139. The van der Waals surface area contributed by atoms with Gasteiger partial charge in [-0.05, 0) is 43.2 Å². The molecule has 180 valence electrons. The summed E-state index contributed by atoms with van der Waals surface area (Å²) in [5.41, 5.74) is 0.908. The average Bonchev–Trinajstić information content (AvgIpc) is 2.75. The second kappa shape index (κ2) is 12.3. The predicted octanol–water partition coefficient (Wildman–Crippen LogP) is 4.09. The topological polar surface area (TPSA) is 86.8 Å². The largest absolute Gasteiger partial charge is 0.354 e. The Kier molecular flexibility index (Phi) is 10.0. The number of unbranched alkanes of at least 4 members (excludes halogenated alkanes) is 1. The molecule has 0 heterocycles. The molecule has 2 aromatic rings. The molecule has 0 saturated carbocycles. The Labute approximate surface area is 205 Å². The van der Waals surface area contributed by atoms with Gasteiger partial charge in [-0.2, -0.15) is 0 Å². The second-order valence-electron chi connectivity index (χ2n) is 7.68. The summed E-state index contributed by atoms with van der Waals surface area (Å²) in [5, 5.41) is 3.61. The third-order valence-electron chi connectivity index (χ3n) is 5.07. The van der Waals surface area contributed by atoms with Crippen LogP contribution in [0.2, 0.25) is 10.0 Å². The Morgan fingerprint density at radius 1 is 1.09 bits per heavy atom. The minimum absolute atomic E-state index is 0.0496. The standard InChI is InChI=1S/C23H29Cl2N3O4S/c1-4-5-13-26-23(30)17(2)27(15-18-9-6-7-12-21(18)25)22(29)16-28(33(3,31)32)20-11-8-10-19(24)14-20/h6-12,14,17H,4-5,13,15-16H2,1-3H3,(H,26,30). The monoisotopic (exact) mass is 513 g/mol. The summed E-state index contributed by atoms with van der Waals surface area (Å²) in [4.78, 5) is 27.5. The van der Waals surface area contributed by atoms with Crippen LogP contribution in [0.1, 0.15) is 32.3 Å². The van der Waals surface area contributed by atoms with Crippen LogP contribution < -0.4 is 9.62 Å². The first-order valence-electron chi connectivity index (χ1n) is 10.6. The van der Waals surface area contributed by atoms with Crippen LogP contribution in [-0.4, -0.2) is 50.5 Å². The number of halogens is 2. The van der Waals surface area contributed by atoms with Crippen LogP contribution in [0.4, 0.5) is 5.69 Å². The Balaban J connectivity index is 2.36. The highest BCUT2D eigenvalue weighted by Gasteiger charge is 2.30. The molecule has 2 amide bonds. The fraction of sp³-hybridized carbons (Fsp3) is 0.391. The van der Waals surface area contributed by atoms with E-state index in [1.165, 1.54) is 11.0 Å². The number of nitrogens with one attached hydrogen (secondary N) is 1. The van der Waals surface area contributed by atoms with Crippen molar-refractivity contribution < 1.29 is 18.0 Å². The number of nitrogens with zero attached hydrogens (tertiary/aromatic N) is 2. The first-order valence-corrected chi connectivity index (χ1v) is 13.2. The molecule has 0 aliphatic rings. The molecule has 2 rings (SSSR count). The lowest BCUT2D eigenvalue weighted by atomic mass is 10.1. The van der Waals surface area contributed by atoms with E-state index in [2.05, 4.69) is 5.32 Å². The van der Waals surface area contributed by atoms with Gasteiger partial charge in [-0.3, -0.25) is 13.9 Å². The summed E-state index contributed by atoms with van der Waals surface area (Å²) >= 11 is 12.3. The van der Waals surface area contributed by atoms with Crippen LogP contribution in [0.15, 0.2) is 48.5 Å². The number of sulfonamides is 1. The smallest absolute Gasteiger partial charge is 0.244 e. The van der Waals surface area contributed by atoms with Gasteiger partial charge in [0.05, 0.1) is 11.9 Å². The van der Waals surface area contributed by atoms with Gasteiger partial charge >= 0.3 is 0 Å². The lowest BCUT2D eigenvalue weighted by Gasteiger charge is -2.31. The molecule has 1 atom stereocenters. The molecule has 1 N–H and O–H groups in total. The summed E-state index contributed by atoms with van der Waals surface area (Å²) in [6, 6.07) is 12.4. The van der Waals surface area contributed by atoms with E-state index in [4.69, 9.17) is 23.2 Å². The quantitative estimate of drug-likeness (QED) is 0.458. The lowest BCUT2D eigenvalue weighted by Crippen LogP contribution is -2.51. The van der Waals surface area contributed by atoms with E-state index in [1.54, 1.807) is 49.4 Å². The van der Waals surface area contributed by atoms with Crippen molar-refractivity contribution in [1.82, 2.24) is 10.2 Å². The van der Waals surface area contributed by atoms with Crippen LogP contribution in [0.5, 0.6) is 0 Å². The highest BCUT2D eigenvalue weighted by molar-refractivity contribution is 7.92. The van der Waals surface area contributed by atoms with Gasteiger partial charge in [0.25, 0.3) is 0 Å². The van der Waals surface area contributed by atoms with Gasteiger partial charge in [0.2, 0.25) is 21.8 Å². The maximum atomic E-state index is 13.4. The zero-order valence-electron chi connectivity index (χ0n) is 18.9. The van der Waals surface area contributed by atoms with E-state index in [-0.39, 0.29) is 18.1 Å². The fourth-order valence-electron chi connectivity index (χ4n) is 3.17. The number of amides is 2. The molecule has 0 aromatic heterocycles. The summed E-state index contributed by atoms with van der Waals surface area (Å²) < 4.78 is 26.0. The molecular weight excluding hydrogens is 485 g/mol. The SMILES string of the molecule is CCCCNC(=O)C(C)N(Cc1ccccc1Cl)C(=O)CN(c1cccc(Cl)c1)S(C)(=O)=O. The third kappa shape index (κ3) is 7.91. The predicted molar refractivity (Wildman–Crippen MR) is 133 cm³/mol. The second-order valence-corrected chi connectivity index (χ2v) is 10.4. The van der Waals surface area contributed by atoms with Gasteiger partial charge in [-0.25, -0.2) is 8.42 Å². The molecule has 10 heteroatoms. The van der Waals surface area contributed by atoms with Crippen LogP contribution >= 0.6 is 23.2 Å². The molecule has 0 aliphatic heterocycles. The van der Waals surface area contributed by atoms with Crippen molar-refractivity contribution in [3.05, 3.63) is 64.1 Å². The van der Waals surface area contributed by atoms with Crippen LogP contribution in [-0.2, 0) is 26.2 Å². The number of benzene rings is 2. The van der Waals surface area contributed by atoms with Crippen molar-refractivity contribution in [3.63, 3.8) is 0 Å². The van der Waals surface area contributed by atoms with Crippen molar-refractivity contribution in [1.29, 1.82) is 0 Å². The number of rotatable bonds is 11. The third-order valence-corrected chi connectivity index (χ3v) is 6.82. The number of carbonyl (C=O) groups excluding carboxylic acids is 2. The molecule has 0 fully saturated rings. The number of carbonyl (C=O) groups is 2. The number of anilines is 1. The van der Waals surface area contributed by atoms with E-state index in [9.17, 15) is 18.0 Å². The molecule has 0 saturated heterocycles. The van der Waals surface area contributed by atoms with E-state index in [1.807, 2.05) is 6.92 Å². The van der Waals surface area contributed by atoms with Crippen molar-refractivity contribution in [2.45, 2.75) is 39.3 Å². The van der Waals surface area contributed by atoms with Crippen LogP contribution in [0.25, 0.3) is 0 Å². The van der Waals surface area contributed by atoms with Crippen molar-refractivity contribution in [3.8, 4) is 0 Å². The summed E-state index contributed by atoms with van der Waals surface area (Å²) in [6.45, 7) is 3.68. The van der Waals surface area contributed by atoms with Crippen LogP contribution in [0, 0.1) is 0 Å². The van der Waals surface area contributed by atoms with Gasteiger partial charge < -0.3 is 10.2 Å². The highest BCUT2D eigenvalue weighted by atomic mass is 35.5. The zero-order chi connectivity index (χ0) is 24.6. The highest BCUT2D eigenvalue weighted by Crippen LogP contribution is 2.23. The van der Waals surface area contributed by atoms with Gasteiger partial charge in [0.1, 0.15) is 12.6 Å². The molecule has 0 spiro atoms. The Morgan fingerprint density at radius 2 is 1.79 bits per heavy atom. The van der Waals surface area contributed by atoms with Gasteiger partial charge in [-0.1, -0.05) is 60.8 Å². The average molecular weight is 514 g/mol. The van der Waals surface area contributed by atoms with Crippen molar-refractivity contribution in [2.24, 2.45) is 0 Å². The Morgan fingerprint density at radius 3 is 2.39 bits per heavy atom. The number of hydrogen-bond donors (Lipinski definition) is 1. The summed E-state index contributed by atoms with van der Waals surface area (Å²) in [5.74, 6) is -0.865. The molecule has 2 aromatic carbocycles. The first-order chi connectivity index (χ1) is 15.5. The molecule has 7 nitrogen and oxygen atoms in total. The van der Waals surface area contributed by atoms with Gasteiger partial charge in [0, 0.05) is 23.1 Å². The van der Waals surface area contributed by atoms with Gasteiger partial charge in [0.15, 0.2) is 0 Å². The maximum Gasteiger partial charge on any atom is 0.244 e. The molecule has 0 bridgehead atoms. The Bertz CT molecular complexity index is 1080. The maximum absolute atomic E-state index is 13.4. The van der Waals surface area contributed by atoms with E-state index in [0.29, 0.717) is 22.2 Å². The minimum Gasteiger partial charge on any atom is -0.354 e.